The summed E-state index contributed by atoms with van der Waals surface area (Å²) in [5.74, 6) is -0.0718. The second kappa shape index (κ2) is 6.10. The van der Waals surface area contributed by atoms with Crippen LogP contribution in [0, 0.1) is 17.2 Å². The first kappa shape index (κ1) is 15.5. The van der Waals surface area contributed by atoms with E-state index in [1.165, 1.54) is 31.7 Å². The van der Waals surface area contributed by atoms with E-state index in [-0.39, 0.29) is 5.69 Å². The first-order valence-electron chi connectivity index (χ1n) is 8.39. The van der Waals surface area contributed by atoms with Gasteiger partial charge in [-0.3, -0.25) is 0 Å². The molecule has 0 atom stereocenters. The first-order chi connectivity index (χ1) is 12.2. The Bertz CT molecular complexity index is 987. The molecule has 0 radical (unpaired) electrons. The first-order valence-corrected chi connectivity index (χ1v) is 8.39. The van der Waals surface area contributed by atoms with Crippen LogP contribution in [0.15, 0.2) is 35.0 Å². The largest absolute Gasteiger partial charge is 0.476 e. The van der Waals surface area contributed by atoms with Crippen LogP contribution in [0.4, 0.5) is 0 Å². The number of carboxylic acids is 1. The standard InChI is InChI=1S/C19H17N3O3/c20-9-14-11-22(10-12-3-1-2-4-12)17-6-5-13(7-15(14)17)18-8-16(19(23)24)21-25-18/h5-8,11-12H,1-4,10H2,(H,23,24). The summed E-state index contributed by atoms with van der Waals surface area (Å²) in [5.41, 5.74) is 2.22. The molecule has 1 aliphatic carbocycles. The number of aromatic nitrogens is 2. The molecule has 6 nitrogen and oxygen atoms in total. The Kier molecular flexibility index (Phi) is 3.77. The van der Waals surface area contributed by atoms with Gasteiger partial charge in [-0.25, -0.2) is 4.79 Å². The highest BCUT2D eigenvalue weighted by Crippen LogP contribution is 2.31. The highest BCUT2D eigenvalue weighted by Gasteiger charge is 2.19. The van der Waals surface area contributed by atoms with Crippen LogP contribution in [0.3, 0.4) is 0 Å². The van der Waals surface area contributed by atoms with E-state index in [0.717, 1.165) is 17.4 Å². The number of nitriles is 1. The van der Waals surface area contributed by atoms with Gasteiger partial charge < -0.3 is 14.2 Å². The number of carbonyl (C=O) groups is 1. The van der Waals surface area contributed by atoms with Crippen LogP contribution in [0.2, 0.25) is 0 Å². The zero-order chi connectivity index (χ0) is 17.4. The average Bonchev–Trinajstić information content (AvgIpc) is 3.35. The maximum atomic E-state index is 11.0. The zero-order valence-corrected chi connectivity index (χ0v) is 13.6. The van der Waals surface area contributed by atoms with E-state index in [1.807, 2.05) is 24.4 Å². The second-order valence-electron chi connectivity index (χ2n) is 6.57. The van der Waals surface area contributed by atoms with Crippen molar-refractivity contribution in [2.75, 3.05) is 0 Å². The quantitative estimate of drug-likeness (QED) is 0.776. The van der Waals surface area contributed by atoms with E-state index < -0.39 is 5.97 Å². The molecule has 0 bridgehead atoms. The molecule has 1 saturated carbocycles. The number of hydrogen-bond acceptors (Lipinski definition) is 4. The normalized spacial score (nSPS) is 14.8. The molecular weight excluding hydrogens is 318 g/mol. The van der Waals surface area contributed by atoms with Crippen molar-refractivity contribution in [2.45, 2.75) is 32.2 Å². The van der Waals surface area contributed by atoms with Gasteiger partial charge in [-0.05, 0) is 37.0 Å². The minimum Gasteiger partial charge on any atom is -0.476 e. The Morgan fingerprint density at radius 2 is 2.16 bits per heavy atom. The van der Waals surface area contributed by atoms with Crippen molar-refractivity contribution in [3.8, 4) is 17.4 Å². The summed E-state index contributed by atoms with van der Waals surface area (Å²) in [6.45, 7) is 0.934. The summed E-state index contributed by atoms with van der Waals surface area (Å²) in [5, 5.41) is 22.8. The molecule has 3 aromatic rings. The molecule has 4 rings (SSSR count). The van der Waals surface area contributed by atoms with Crippen molar-refractivity contribution < 1.29 is 14.4 Å². The van der Waals surface area contributed by atoms with E-state index in [2.05, 4.69) is 15.8 Å². The summed E-state index contributed by atoms with van der Waals surface area (Å²) < 4.78 is 7.29. The van der Waals surface area contributed by atoms with Crippen molar-refractivity contribution >= 4 is 16.9 Å². The fourth-order valence-corrected chi connectivity index (χ4v) is 3.67. The predicted molar refractivity (Wildman–Crippen MR) is 91.1 cm³/mol. The monoisotopic (exact) mass is 335 g/mol. The summed E-state index contributed by atoms with van der Waals surface area (Å²) in [7, 11) is 0. The molecule has 1 fully saturated rings. The number of hydrogen-bond donors (Lipinski definition) is 1. The maximum Gasteiger partial charge on any atom is 0.358 e. The SMILES string of the molecule is N#Cc1cn(CC2CCCC2)c2ccc(-c3cc(C(=O)O)no3)cc12. The average molecular weight is 335 g/mol. The predicted octanol–water partition coefficient (Wildman–Crippen LogP) is 4.06. The molecule has 0 unspecified atom stereocenters. The maximum absolute atomic E-state index is 11.0. The lowest BCUT2D eigenvalue weighted by molar-refractivity contribution is 0.0686. The van der Waals surface area contributed by atoms with Crippen LogP contribution >= 0.6 is 0 Å². The Balaban J connectivity index is 1.74. The minimum absolute atomic E-state index is 0.130. The van der Waals surface area contributed by atoms with Crippen molar-refractivity contribution in [3.05, 3.63) is 41.7 Å². The van der Waals surface area contributed by atoms with E-state index in [0.29, 0.717) is 22.8 Å². The number of aromatic carboxylic acids is 1. The molecule has 1 aliphatic rings. The lowest BCUT2D eigenvalue weighted by Gasteiger charge is -2.11. The van der Waals surface area contributed by atoms with Crippen molar-refractivity contribution in [1.29, 1.82) is 5.26 Å². The molecule has 6 heteroatoms. The van der Waals surface area contributed by atoms with Gasteiger partial charge in [0.1, 0.15) is 6.07 Å². The number of fused-ring (bicyclic) bond motifs is 1. The van der Waals surface area contributed by atoms with Gasteiger partial charge in [0.25, 0.3) is 0 Å². The Morgan fingerprint density at radius 3 is 2.84 bits per heavy atom. The number of nitrogens with zero attached hydrogens (tertiary/aromatic N) is 3. The highest BCUT2D eigenvalue weighted by molar-refractivity contribution is 5.91. The number of benzene rings is 1. The van der Waals surface area contributed by atoms with Crippen molar-refractivity contribution in [3.63, 3.8) is 0 Å². The molecule has 1 N–H and O–H groups in total. The fraction of sp³-hybridized carbons (Fsp3) is 0.316. The summed E-state index contributed by atoms with van der Waals surface area (Å²) in [6.07, 6.45) is 6.98. The lowest BCUT2D eigenvalue weighted by Crippen LogP contribution is -2.05. The van der Waals surface area contributed by atoms with Crippen LogP contribution in [-0.2, 0) is 6.54 Å². The van der Waals surface area contributed by atoms with Gasteiger partial charge in [0, 0.05) is 35.3 Å². The number of carboxylic acid groups (broad SMARTS) is 1. The molecule has 0 aliphatic heterocycles. The second-order valence-corrected chi connectivity index (χ2v) is 6.57. The van der Waals surface area contributed by atoms with Crippen LogP contribution < -0.4 is 0 Å². The van der Waals surface area contributed by atoms with Gasteiger partial charge in [-0.1, -0.05) is 18.0 Å². The fourth-order valence-electron chi connectivity index (χ4n) is 3.67. The molecule has 126 valence electrons. The highest BCUT2D eigenvalue weighted by atomic mass is 16.5. The van der Waals surface area contributed by atoms with Crippen LogP contribution in [-0.4, -0.2) is 20.8 Å². The van der Waals surface area contributed by atoms with E-state index >= 15 is 0 Å². The Morgan fingerprint density at radius 1 is 1.36 bits per heavy atom. The van der Waals surface area contributed by atoms with Crippen LogP contribution in [0.25, 0.3) is 22.2 Å². The van der Waals surface area contributed by atoms with Crippen LogP contribution in [0.5, 0.6) is 0 Å². The molecule has 1 aromatic carbocycles. The summed E-state index contributed by atoms with van der Waals surface area (Å²) in [4.78, 5) is 11.0. The van der Waals surface area contributed by atoms with Gasteiger partial charge in [0.05, 0.1) is 5.56 Å². The van der Waals surface area contributed by atoms with Crippen molar-refractivity contribution in [2.24, 2.45) is 5.92 Å². The molecule has 25 heavy (non-hydrogen) atoms. The van der Waals surface area contributed by atoms with Gasteiger partial charge in [0.2, 0.25) is 0 Å². The van der Waals surface area contributed by atoms with E-state index in [9.17, 15) is 10.1 Å². The third kappa shape index (κ3) is 2.78. The van der Waals surface area contributed by atoms with Crippen molar-refractivity contribution in [1.82, 2.24) is 9.72 Å². The van der Waals surface area contributed by atoms with Gasteiger partial charge in [-0.2, -0.15) is 5.26 Å². The van der Waals surface area contributed by atoms with Gasteiger partial charge in [0.15, 0.2) is 11.5 Å². The molecular formula is C19H17N3O3. The van der Waals surface area contributed by atoms with E-state index in [1.54, 1.807) is 0 Å². The number of rotatable bonds is 4. The molecule has 0 amide bonds. The molecule has 0 spiro atoms. The van der Waals surface area contributed by atoms with Crippen LogP contribution in [0.1, 0.15) is 41.7 Å². The van der Waals surface area contributed by atoms with Gasteiger partial charge in [-0.15, -0.1) is 0 Å². The smallest absolute Gasteiger partial charge is 0.358 e. The Hall–Kier alpha value is -3.07. The third-order valence-electron chi connectivity index (χ3n) is 4.94. The topological polar surface area (TPSA) is 92.0 Å². The summed E-state index contributed by atoms with van der Waals surface area (Å²) in [6, 6.07) is 9.35. The lowest BCUT2D eigenvalue weighted by atomic mass is 10.1. The molecule has 0 saturated heterocycles. The molecule has 2 aromatic heterocycles. The third-order valence-corrected chi connectivity index (χ3v) is 4.94. The van der Waals surface area contributed by atoms with E-state index in [4.69, 9.17) is 9.63 Å². The zero-order valence-electron chi connectivity index (χ0n) is 13.6. The Labute approximate surface area is 144 Å². The van der Waals surface area contributed by atoms with Gasteiger partial charge >= 0.3 is 5.97 Å². The summed E-state index contributed by atoms with van der Waals surface area (Å²) >= 11 is 0. The molecule has 2 heterocycles. The minimum atomic E-state index is -1.13.